The molecule has 0 amide bonds. The standard InChI is InChI=1S/C9H15O.C8H13O2.C8H8.C6H9O.C3H8.3Y/c1-4-8(5-2)7-9(10)6-3;1-3-7(9)5-6-8(10)4-2;1-2-8-6-4-3-5-7-8;1-3-5-6(7)4-2;1-3-2;;;/h8H,3-5,7H2,1-2H3;8,10H,1,4-6H2,2H3;2-7H,1H2;2-3,5H2,1H3;3H2,1-2H3;;;/q2*-1;;-1;;;;. The number of ketones is 3. The van der Waals surface area contributed by atoms with Gasteiger partial charge in [-0.1, -0.05) is 110 Å². The van der Waals surface area contributed by atoms with Gasteiger partial charge in [-0.15, -0.1) is 0 Å². The van der Waals surface area contributed by atoms with Crippen LogP contribution in [0.5, 0.6) is 0 Å². The smallest absolute Gasteiger partial charge is 0.0540 e. The molecule has 41 heavy (non-hydrogen) atoms. The molecule has 0 aliphatic rings. The van der Waals surface area contributed by atoms with E-state index < -0.39 is 0 Å². The van der Waals surface area contributed by atoms with Crippen LogP contribution in [0, 0.1) is 24.1 Å². The SMILES string of the molecule is C=Cc1ccccc1.C=[C-]C(=O)CC(CC)CC.C=[C-]C(=O)CCC.C=[C-]C(=O)CCC(O)CC.CCC.[Y].[Y].[Y]. The van der Waals surface area contributed by atoms with E-state index in [-0.39, 0.29) is 122 Å². The van der Waals surface area contributed by atoms with Gasteiger partial charge in [0, 0.05) is 98.1 Å². The van der Waals surface area contributed by atoms with Gasteiger partial charge in [-0.3, -0.25) is 19.7 Å². The number of hydrogen-bond donors (Lipinski definition) is 1. The van der Waals surface area contributed by atoms with Crippen LogP contribution in [0.15, 0.2) is 56.6 Å². The molecular formula is C34H53O4Y3-3. The number of carbonyl (C=O) groups is 3. The Bertz CT molecular complexity index is 746. The van der Waals surface area contributed by atoms with Crippen LogP contribution in [-0.4, -0.2) is 28.6 Å². The molecule has 1 aromatic carbocycles. The third-order valence-electron chi connectivity index (χ3n) is 4.91. The molecule has 1 unspecified atom stereocenters. The van der Waals surface area contributed by atoms with E-state index >= 15 is 0 Å². The molecule has 0 saturated heterocycles. The Morgan fingerprint density at radius 2 is 1.17 bits per heavy atom. The number of Topliss-reactive ketones (excluding diaryl/α,β-unsaturated/α-hetero) is 3. The molecule has 1 N–H and O–H groups in total. The van der Waals surface area contributed by atoms with Gasteiger partial charge in [0.05, 0.1) is 6.10 Å². The zero-order valence-corrected chi connectivity index (χ0v) is 35.2. The summed E-state index contributed by atoms with van der Waals surface area (Å²) in [6.45, 7) is 25.6. The second-order valence-corrected chi connectivity index (χ2v) is 8.36. The van der Waals surface area contributed by atoms with Gasteiger partial charge in [0.1, 0.15) is 0 Å². The molecule has 0 bridgehead atoms. The molecule has 4 nitrogen and oxygen atoms in total. The maximum Gasteiger partial charge on any atom is 0.0540 e. The minimum atomic E-state index is -0.350. The van der Waals surface area contributed by atoms with E-state index in [4.69, 9.17) is 5.11 Å². The molecule has 1 rings (SSSR count). The normalized spacial score (nSPS) is 8.98. The first kappa shape index (κ1) is 57.2. The van der Waals surface area contributed by atoms with E-state index in [1.54, 1.807) is 0 Å². The number of carbonyl (C=O) groups excluding carboxylic acids is 3. The van der Waals surface area contributed by atoms with Crippen molar-refractivity contribution in [3.63, 3.8) is 0 Å². The Morgan fingerprint density at radius 3 is 1.44 bits per heavy atom. The van der Waals surface area contributed by atoms with Crippen LogP contribution in [0.1, 0.15) is 105 Å². The number of aliphatic hydroxyl groups is 1. The van der Waals surface area contributed by atoms with Crippen molar-refractivity contribution in [3.05, 3.63) is 80.4 Å². The third kappa shape index (κ3) is 50.4. The van der Waals surface area contributed by atoms with Gasteiger partial charge in [0.25, 0.3) is 0 Å². The molecule has 7 heteroatoms. The molecule has 225 valence electrons. The van der Waals surface area contributed by atoms with Gasteiger partial charge in [0.15, 0.2) is 0 Å². The number of hydrogen-bond acceptors (Lipinski definition) is 4. The summed E-state index contributed by atoms with van der Waals surface area (Å²) in [4.78, 5) is 31.6. The number of rotatable bonds is 14. The largest absolute Gasteiger partial charge is 0.435 e. The minimum absolute atomic E-state index is 0. The predicted molar refractivity (Wildman–Crippen MR) is 163 cm³/mol. The summed E-state index contributed by atoms with van der Waals surface area (Å²) >= 11 is 0. The van der Waals surface area contributed by atoms with Gasteiger partial charge in [-0.05, 0) is 60.9 Å². The summed E-state index contributed by atoms with van der Waals surface area (Å²) in [6, 6.07) is 10.0. The summed E-state index contributed by atoms with van der Waals surface area (Å²) in [5, 5.41) is 9.00. The Hall–Kier alpha value is 0.462. The quantitative estimate of drug-likeness (QED) is 0.152. The first-order chi connectivity index (χ1) is 18.1. The van der Waals surface area contributed by atoms with E-state index in [0.29, 0.717) is 38.0 Å². The van der Waals surface area contributed by atoms with Gasteiger partial charge < -0.3 is 37.7 Å². The second-order valence-electron chi connectivity index (χ2n) is 8.36. The number of allylic oxidation sites excluding steroid dienone is 3. The molecule has 1 aromatic rings. The maximum absolute atomic E-state index is 10.8. The Morgan fingerprint density at radius 1 is 0.756 bits per heavy atom. The van der Waals surface area contributed by atoms with E-state index in [1.165, 1.54) is 12.0 Å². The van der Waals surface area contributed by atoms with Gasteiger partial charge >= 0.3 is 0 Å². The van der Waals surface area contributed by atoms with Gasteiger partial charge in [-0.2, -0.15) is 0 Å². The zero-order valence-electron chi connectivity index (χ0n) is 26.7. The van der Waals surface area contributed by atoms with Crippen molar-refractivity contribution in [2.45, 2.75) is 105 Å². The molecule has 0 aliphatic heterocycles. The van der Waals surface area contributed by atoms with Crippen molar-refractivity contribution >= 4 is 23.4 Å². The van der Waals surface area contributed by atoms with Crippen LogP contribution in [0.3, 0.4) is 0 Å². The average Bonchev–Trinajstić information content (AvgIpc) is 2.96. The third-order valence-corrected chi connectivity index (χ3v) is 4.91. The van der Waals surface area contributed by atoms with Crippen molar-refractivity contribution in [1.82, 2.24) is 0 Å². The second kappa shape index (κ2) is 47.4. The Kier molecular flexibility index (Phi) is 66.1. The molecule has 0 heterocycles. The monoisotopic (exact) mass is 792 g/mol. The zero-order chi connectivity index (χ0) is 30.2. The Balaban J connectivity index is -0.0000000715. The van der Waals surface area contributed by atoms with Crippen molar-refractivity contribution in [3.8, 4) is 0 Å². The van der Waals surface area contributed by atoms with Crippen molar-refractivity contribution in [1.29, 1.82) is 0 Å². The van der Waals surface area contributed by atoms with Crippen LogP contribution < -0.4 is 0 Å². The van der Waals surface area contributed by atoms with E-state index in [1.807, 2.05) is 50.3 Å². The number of benzene rings is 1. The fourth-order valence-corrected chi connectivity index (χ4v) is 2.41. The van der Waals surface area contributed by atoms with Crippen LogP contribution >= 0.6 is 0 Å². The summed E-state index contributed by atoms with van der Waals surface area (Å²) in [6.07, 6.45) is 15.5. The molecule has 0 aromatic heterocycles. The summed E-state index contributed by atoms with van der Waals surface area (Å²) in [5.74, 6) is 0.477. The fourth-order valence-electron chi connectivity index (χ4n) is 2.41. The first-order valence-electron chi connectivity index (χ1n) is 13.6. The van der Waals surface area contributed by atoms with Crippen molar-refractivity contribution < 1.29 is 118 Å². The van der Waals surface area contributed by atoms with E-state index in [9.17, 15) is 14.4 Å². The average molecular weight is 793 g/mol. The van der Waals surface area contributed by atoms with Crippen LogP contribution in [0.2, 0.25) is 0 Å². The number of aliphatic hydroxyl groups excluding tert-OH is 1. The van der Waals surface area contributed by atoms with Gasteiger partial charge in [-0.25, -0.2) is 0 Å². The Labute approximate surface area is 328 Å². The van der Waals surface area contributed by atoms with Crippen LogP contribution in [0.4, 0.5) is 0 Å². The molecule has 0 aliphatic carbocycles. The molecule has 3 radical (unpaired) electrons. The van der Waals surface area contributed by atoms with Crippen LogP contribution in [-0.2, 0) is 113 Å². The molecular weight excluding hydrogens is 739 g/mol. The molecule has 0 saturated carbocycles. The summed E-state index contributed by atoms with van der Waals surface area (Å²) in [5.41, 5.74) is 1.17. The fraction of sp³-hybridized carbons (Fsp3) is 0.500. The van der Waals surface area contributed by atoms with Crippen molar-refractivity contribution in [2.24, 2.45) is 5.92 Å². The maximum atomic E-state index is 10.8. The van der Waals surface area contributed by atoms with Gasteiger partial charge in [0.2, 0.25) is 0 Å². The molecule has 0 fully saturated rings. The first-order valence-corrected chi connectivity index (χ1v) is 13.6. The van der Waals surface area contributed by atoms with E-state index in [2.05, 4.69) is 72.2 Å². The predicted octanol–water partition coefficient (Wildman–Crippen LogP) is 8.55. The minimum Gasteiger partial charge on any atom is -0.435 e. The van der Waals surface area contributed by atoms with E-state index in [0.717, 1.165) is 19.3 Å². The summed E-state index contributed by atoms with van der Waals surface area (Å²) in [7, 11) is 0. The van der Waals surface area contributed by atoms with Crippen LogP contribution in [0.25, 0.3) is 6.08 Å². The topological polar surface area (TPSA) is 71.4 Å². The molecule has 0 spiro atoms. The molecule has 1 atom stereocenters. The summed E-state index contributed by atoms with van der Waals surface area (Å²) < 4.78 is 0. The van der Waals surface area contributed by atoms with Crippen molar-refractivity contribution in [2.75, 3.05) is 0 Å².